The molecule has 0 saturated heterocycles. The maximum atomic E-state index is 13.9. The Bertz CT molecular complexity index is 1570. The average Bonchev–Trinajstić information content (AvgIpc) is 3.16. The Balaban J connectivity index is 2.05. The lowest BCUT2D eigenvalue weighted by molar-refractivity contribution is -0.139. The Morgan fingerprint density at radius 2 is 1.95 bits per heavy atom. The second-order valence-corrected chi connectivity index (χ2v) is 11.3. The summed E-state index contributed by atoms with van der Waals surface area (Å²) in [6.07, 6.45) is 2.99. The van der Waals surface area contributed by atoms with Gasteiger partial charge in [0.1, 0.15) is 17.5 Å². The van der Waals surface area contributed by atoms with Crippen LogP contribution in [0.15, 0.2) is 60.3 Å². The summed E-state index contributed by atoms with van der Waals surface area (Å²) in [5.74, 6) is 0.00673. The van der Waals surface area contributed by atoms with Crippen LogP contribution in [0.5, 0.6) is 11.5 Å². The van der Waals surface area contributed by atoms with E-state index < -0.39 is 12.0 Å². The van der Waals surface area contributed by atoms with Gasteiger partial charge in [0.2, 0.25) is 0 Å². The van der Waals surface area contributed by atoms with E-state index in [0.717, 1.165) is 6.42 Å². The van der Waals surface area contributed by atoms with Crippen LogP contribution >= 0.6 is 54.8 Å². The number of aromatic hydroxyl groups is 1. The number of allylic oxidation sites excluding steroid dienone is 1. The minimum atomic E-state index is -0.842. The Kier molecular flexibility index (Phi) is 8.63. The molecule has 1 aliphatic heterocycles. The third-order valence-electron chi connectivity index (χ3n) is 5.72. The molecule has 0 aliphatic carbocycles. The fourth-order valence-electron chi connectivity index (χ4n) is 4.15. The maximum absolute atomic E-state index is 13.9. The van der Waals surface area contributed by atoms with E-state index in [9.17, 15) is 14.7 Å². The Morgan fingerprint density at radius 1 is 1.24 bits per heavy atom. The molecule has 0 spiro atoms. The molecule has 1 aliphatic rings. The highest BCUT2D eigenvalue weighted by molar-refractivity contribution is 9.11. The van der Waals surface area contributed by atoms with Gasteiger partial charge in [0, 0.05) is 10.6 Å². The number of halogens is 3. The zero-order valence-electron chi connectivity index (χ0n) is 20.2. The van der Waals surface area contributed by atoms with E-state index in [-0.39, 0.29) is 17.9 Å². The number of phenolic OH excluding ortho intramolecular Hbond substituents is 1. The molecule has 1 atom stereocenters. The first-order chi connectivity index (χ1) is 17.7. The van der Waals surface area contributed by atoms with Crippen LogP contribution in [0.2, 0.25) is 5.02 Å². The van der Waals surface area contributed by atoms with Gasteiger partial charge in [-0.15, -0.1) is 0 Å². The van der Waals surface area contributed by atoms with E-state index in [1.807, 2.05) is 6.92 Å². The number of esters is 1. The van der Waals surface area contributed by atoms with Crippen molar-refractivity contribution in [3.8, 4) is 11.5 Å². The summed E-state index contributed by atoms with van der Waals surface area (Å²) >= 11 is 14.2. The molecule has 37 heavy (non-hydrogen) atoms. The van der Waals surface area contributed by atoms with E-state index in [4.69, 9.17) is 26.1 Å². The third kappa shape index (κ3) is 5.43. The molecule has 0 saturated carbocycles. The molecule has 2 heterocycles. The molecule has 2 aromatic carbocycles. The molecule has 11 heteroatoms. The van der Waals surface area contributed by atoms with Crippen molar-refractivity contribution in [2.45, 2.75) is 32.7 Å². The number of aromatic nitrogens is 1. The zero-order chi connectivity index (χ0) is 26.9. The van der Waals surface area contributed by atoms with E-state index in [2.05, 4.69) is 31.9 Å². The first kappa shape index (κ1) is 27.6. The number of carbonyl (C=O) groups excluding carboxylic acids is 1. The maximum Gasteiger partial charge on any atom is 0.338 e. The van der Waals surface area contributed by atoms with Gasteiger partial charge in [0.05, 0.1) is 38.5 Å². The van der Waals surface area contributed by atoms with Crippen LogP contribution < -0.4 is 19.6 Å². The van der Waals surface area contributed by atoms with Crippen LogP contribution in [0.4, 0.5) is 0 Å². The molecule has 1 N–H and O–H groups in total. The SMILES string of the molecule is CCCC1=C(C(=O)OCC)[C@H](c2cc(Cl)ccc2OC)n2c(s/c(=C/c3cc(Br)c(O)c(Br)c3)c2=O)=N1. The third-order valence-corrected chi connectivity index (χ3v) is 8.14. The van der Waals surface area contributed by atoms with Crippen molar-refractivity contribution in [2.24, 2.45) is 4.99 Å². The number of rotatable bonds is 7. The Morgan fingerprint density at radius 3 is 2.57 bits per heavy atom. The van der Waals surface area contributed by atoms with Crippen LogP contribution in [-0.4, -0.2) is 29.4 Å². The van der Waals surface area contributed by atoms with Crippen molar-refractivity contribution in [3.05, 3.63) is 86.4 Å². The number of nitrogens with zero attached hydrogens (tertiary/aromatic N) is 2. The smallest absolute Gasteiger partial charge is 0.338 e. The summed E-state index contributed by atoms with van der Waals surface area (Å²) in [6, 6.07) is 7.68. The molecular formula is C26H23Br2ClN2O5S. The van der Waals surface area contributed by atoms with Gasteiger partial charge in [-0.3, -0.25) is 9.36 Å². The number of carbonyl (C=O) groups is 1. The molecule has 0 unspecified atom stereocenters. The van der Waals surface area contributed by atoms with Crippen LogP contribution in [-0.2, 0) is 9.53 Å². The van der Waals surface area contributed by atoms with Gasteiger partial charge >= 0.3 is 5.97 Å². The van der Waals surface area contributed by atoms with E-state index >= 15 is 0 Å². The van der Waals surface area contributed by atoms with Gasteiger partial charge in [0.25, 0.3) is 5.56 Å². The van der Waals surface area contributed by atoms with Gasteiger partial charge in [-0.25, -0.2) is 9.79 Å². The minimum absolute atomic E-state index is 0.0648. The van der Waals surface area contributed by atoms with Crippen molar-refractivity contribution in [1.82, 2.24) is 4.57 Å². The van der Waals surface area contributed by atoms with Gasteiger partial charge < -0.3 is 14.6 Å². The lowest BCUT2D eigenvalue weighted by atomic mass is 9.93. The molecule has 0 amide bonds. The van der Waals surface area contributed by atoms with Crippen molar-refractivity contribution in [1.29, 1.82) is 0 Å². The van der Waals surface area contributed by atoms with Crippen molar-refractivity contribution in [2.75, 3.05) is 13.7 Å². The largest absolute Gasteiger partial charge is 0.506 e. The molecule has 4 rings (SSSR count). The summed E-state index contributed by atoms with van der Waals surface area (Å²) in [7, 11) is 1.53. The van der Waals surface area contributed by atoms with Crippen LogP contribution in [0, 0.1) is 0 Å². The summed E-state index contributed by atoms with van der Waals surface area (Å²) < 4.78 is 13.9. The van der Waals surface area contributed by atoms with Gasteiger partial charge in [-0.1, -0.05) is 36.3 Å². The Labute approximate surface area is 239 Å². The highest BCUT2D eigenvalue weighted by Gasteiger charge is 2.36. The van der Waals surface area contributed by atoms with Crippen LogP contribution in [0.3, 0.4) is 0 Å². The number of ether oxygens (including phenoxy) is 2. The predicted molar refractivity (Wildman–Crippen MR) is 151 cm³/mol. The summed E-state index contributed by atoms with van der Waals surface area (Å²) in [5, 5.41) is 10.5. The molecule has 0 bridgehead atoms. The number of phenols is 1. The molecule has 194 valence electrons. The molecular weight excluding hydrogens is 648 g/mol. The number of hydrogen-bond acceptors (Lipinski definition) is 7. The quantitative estimate of drug-likeness (QED) is 0.337. The van der Waals surface area contributed by atoms with Crippen LogP contribution in [0.1, 0.15) is 43.9 Å². The summed E-state index contributed by atoms with van der Waals surface area (Å²) in [6.45, 7) is 3.91. The number of thiazole rings is 1. The van der Waals surface area contributed by atoms with Gasteiger partial charge in [-0.05, 0) is 87.2 Å². The first-order valence-electron chi connectivity index (χ1n) is 11.4. The molecule has 0 radical (unpaired) electrons. The number of methoxy groups -OCH3 is 1. The molecule has 1 aromatic heterocycles. The lowest BCUT2D eigenvalue weighted by Crippen LogP contribution is -2.40. The van der Waals surface area contributed by atoms with Gasteiger partial charge in [0.15, 0.2) is 4.80 Å². The van der Waals surface area contributed by atoms with Crippen LogP contribution in [0.25, 0.3) is 6.08 Å². The normalized spacial score (nSPS) is 15.4. The number of hydrogen-bond donors (Lipinski definition) is 1. The van der Waals surface area contributed by atoms with Crippen molar-refractivity contribution in [3.63, 3.8) is 0 Å². The Hall–Kier alpha value is -2.40. The second kappa shape index (κ2) is 11.6. The highest BCUT2D eigenvalue weighted by atomic mass is 79.9. The second-order valence-electron chi connectivity index (χ2n) is 8.13. The van der Waals surface area contributed by atoms with E-state index in [0.29, 0.717) is 57.9 Å². The molecule has 0 fully saturated rings. The van der Waals surface area contributed by atoms with E-state index in [1.54, 1.807) is 43.3 Å². The standard InChI is InChI=1S/C26H23Br2ClN2O5S/c1-4-6-18-21(25(34)36-5-2)22(15-12-14(29)7-8-19(15)35-3)31-24(33)20(37-26(31)30-18)11-13-9-16(27)23(32)17(28)10-13/h7-12,22,32H,4-6H2,1-3H3/b20-11+/t22-/m0/s1. The van der Waals surface area contributed by atoms with Gasteiger partial charge in [-0.2, -0.15) is 0 Å². The fraction of sp³-hybridized carbons (Fsp3) is 0.269. The van der Waals surface area contributed by atoms with Crippen molar-refractivity contribution >= 4 is 66.8 Å². The average molecular weight is 671 g/mol. The summed E-state index contributed by atoms with van der Waals surface area (Å²) in [5.41, 5.74) is 1.78. The fourth-order valence-corrected chi connectivity index (χ4v) is 6.58. The predicted octanol–water partition coefficient (Wildman–Crippen LogP) is 5.47. The number of benzene rings is 2. The first-order valence-corrected chi connectivity index (χ1v) is 14.2. The summed E-state index contributed by atoms with van der Waals surface area (Å²) in [4.78, 5) is 32.4. The number of fused-ring (bicyclic) bond motifs is 1. The molecule has 7 nitrogen and oxygen atoms in total. The highest BCUT2D eigenvalue weighted by Crippen LogP contribution is 2.38. The minimum Gasteiger partial charge on any atom is -0.506 e. The van der Waals surface area contributed by atoms with E-state index in [1.165, 1.54) is 23.0 Å². The monoisotopic (exact) mass is 668 g/mol. The lowest BCUT2D eigenvalue weighted by Gasteiger charge is -2.27. The topological polar surface area (TPSA) is 90.1 Å². The zero-order valence-corrected chi connectivity index (χ0v) is 24.9. The molecule has 3 aromatic rings. The van der Waals surface area contributed by atoms with Crippen molar-refractivity contribution < 1.29 is 19.4 Å².